The second kappa shape index (κ2) is 9.66. The van der Waals surface area contributed by atoms with Crippen LogP contribution in [0, 0.1) is 0 Å². The standard InChI is InChI=1S/C27H19F3N2O6/c28-27(29,30)13-22(25(35)38-32-23(33)19-11-5-6-12-20(19)24(32)34)31-26(36)37-14-21-17-9-3-1-7-15(17)16-8-2-4-10-18(16)21/h1-12,21-22H,13-14H2,(H,31,36). The van der Waals surface area contributed by atoms with Gasteiger partial charge in [0.2, 0.25) is 0 Å². The van der Waals surface area contributed by atoms with Crippen molar-refractivity contribution in [1.29, 1.82) is 0 Å². The van der Waals surface area contributed by atoms with E-state index >= 15 is 0 Å². The molecule has 0 spiro atoms. The van der Waals surface area contributed by atoms with Crippen LogP contribution >= 0.6 is 0 Å². The van der Waals surface area contributed by atoms with Gasteiger partial charge in [0, 0.05) is 5.92 Å². The number of halogens is 3. The molecule has 8 nitrogen and oxygen atoms in total. The quantitative estimate of drug-likeness (QED) is 0.473. The number of hydrogen-bond donors (Lipinski definition) is 1. The van der Waals surface area contributed by atoms with Crippen molar-refractivity contribution in [2.45, 2.75) is 24.6 Å². The van der Waals surface area contributed by atoms with E-state index in [9.17, 15) is 32.3 Å². The average molecular weight is 524 g/mol. The Kier molecular flexibility index (Phi) is 6.35. The van der Waals surface area contributed by atoms with E-state index < -0.39 is 42.5 Å². The van der Waals surface area contributed by atoms with Crippen molar-refractivity contribution in [3.05, 3.63) is 95.1 Å². The summed E-state index contributed by atoms with van der Waals surface area (Å²) in [5, 5.41) is 1.94. The summed E-state index contributed by atoms with van der Waals surface area (Å²) in [5.41, 5.74) is 3.55. The molecule has 2 aliphatic rings. The molecule has 1 aliphatic carbocycles. The molecule has 5 rings (SSSR count). The van der Waals surface area contributed by atoms with E-state index in [0.29, 0.717) is 0 Å². The predicted molar refractivity (Wildman–Crippen MR) is 126 cm³/mol. The number of carbonyl (C=O) groups is 4. The second-order valence-corrected chi connectivity index (χ2v) is 8.70. The highest BCUT2D eigenvalue weighted by molar-refractivity contribution is 6.20. The van der Waals surface area contributed by atoms with Gasteiger partial charge >= 0.3 is 18.2 Å². The largest absolute Gasteiger partial charge is 0.449 e. The minimum atomic E-state index is -4.89. The fraction of sp³-hybridized carbons (Fsp3) is 0.185. The molecule has 1 aliphatic heterocycles. The number of hydrogen-bond acceptors (Lipinski definition) is 6. The third-order valence-electron chi connectivity index (χ3n) is 6.29. The molecule has 0 aromatic heterocycles. The molecule has 1 N–H and O–H groups in total. The van der Waals surface area contributed by atoms with Gasteiger partial charge in [0.15, 0.2) is 0 Å². The highest BCUT2D eigenvalue weighted by Crippen LogP contribution is 2.44. The van der Waals surface area contributed by atoms with Crippen LogP contribution in [0.4, 0.5) is 18.0 Å². The maximum atomic E-state index is 13.2. The molecule has 0 fully saturated rings. The van der Waals surface area contributed by atoms with Crippen LogP contribution in [0.3, 0.4) is 0 Å². The first-order valence-corrected chi connectivity index (χ1v) is 11.5. The van der Waals surface area contributed by atoms with Crippen LogP contribution in [0.2, 0.25) is 0 Å². The maximum Gasteiger partial charge on any atom is 0.407 e. The Balaban J connectivity index is 1.27. The van der Waals surface area contributed by atoms with Gasteiger partial charge in [-0.05, 0) is 34.4 Å². The highest BCUT2D eigenvalue weighted by atomic mass is 19.4. The van der Waals surface area contributed by atoms with Gasteiger partial charge in [0.1, 0.15) is 12.6 Å². The topological polar surface area (TPSA) is 102 Å². The molecule has 11 heteroatoms. The van der Waals surface area contributed by atoms with Gasteiger partial charge in [0.05, 0.1) is 17.5 Å². The summed E-state index contributed by atoms with van der Waals surface area (Å²) in [5.74, 6) is -4.03. The van der Waals surface area contributed by atoms with Gasteiger partial charge < -0.3 is 14.9 Å². The number of hydroxylamine groups is 2. The van der Waals surface area contributed by atoms with Gasteiger partial charge in [-0.2, -0.15) is 13.2 Å². The molecule has 3 amide bonds. The number of alkyl carbamates (subject to hydrolysis) is 1. The minimum absolute atomic E-state index is 0.0674. The lowest BCUT2D eigenvalue weighted by atomic mass is 9.98. The van der Waals surface area contributed by atoms with Crippen LogP contribution in [0.5, 0.6) is 0 Å². The van der Waals surface area contributed by atoms with Crippen LogP contribution in [0.15, 0.2) is 72.8 Å². The smallest absolute Gasteiger partial charge is 0.407 e. The summed E-state index contributed by atoms with van der Waals surface area (Å²) in [6.07, 6.45) is -7.98. The number of ether oxygens (including phenoxy) is 1. The monoisotopic (exact) mass is 524 g/mol. The van der Waals surface area contributed by atoms with Crippen LogP contribution in [0.25, 0.3) is 11.1 Å². The normalized spacial score (nSPS) is 15.0. The summed E-state index contributed by atoms with van der Waals surface area (Å²) in [7, 11) is 0. The third-order valence-corrected chi connectivity index (χ3v) is 6.29. The van der Waals surface area contributed by atoms with Crippen molar-refractivity contribution >= 4 is 23.9 Å². The summed E-state index contributed by atoms with van der Waals surface area (Å²) in [6.45, 7) is -0.202. The van der Waals surface area contributed by atoms with Crippen LogP contribution in [0.1, 0.15) is 44.2 Å². The molecule has 0 saturated heterocycles. The first-order valence-electron chi connectivity index (χ1n) is 11.5. The molecular weight excluding hydrogens is 505 g/mol. The SMILES string of the molecule is O=C(NC(CC(F)(F)F)C(=O)ON1C(=O)c2ccccc2C1=O)OCC1c2ccccc2-c2ccccc21. The Hall–Kier alpha value is -4.67. The Labute approximate surface area is 213 Å². The van der Waals surface area contributed by atoms with Crippen molar-refractivity contribution in [2.24, 2.45) is 0 Å². The highest BCUT2D eigenvalue weighted by Gasteiger charge is 2.43. The van der Waals surface area contributed by atoms with E-state index in [1.807, 2.05) is 53.8 Å². The Morgan fingerprint density at radius 1 is 0.816 bits per heavy atom. The summed E-state index contributed by atoms with van der Waals surface area (Å²) < 4.78 is 44.9. The molecule has 38 heavy (non-hydrogen) atoms. The van der Waals surface area contributed by atoms with Gasteiger partial charge in [-0.3, -0.25) is 9.59 Å². The van der Waals surface area contributed by atoms with Gasteiger partial charge in [-0.15, -0.1) is 0 Å². The maximum absolute atomic E-state index is 13.2. The number of alkyl halides is 3. The number of carbonyl (C=O) groups excluding carboxylic acids is 4. The third kappa shape index (κ3) is 4.70. The number of imide groups is 1. The van der Waals surface area contributed by atoms with Crippen molar-refractivity contribution in [3.8, 4) is 11.1 Å². The van der Waals surface area contributed by atoms with E-state index in [-0.39, 0.29) is 28.7 Å². The average Bonchev–Trinajstić information content (AvgIpc) is 3.34. The summed E-state index contributed by atoms with van der Waals surface area (Å²) >= 11 is 0. The van der Waals surface area contributed by atoms with E-state index in [0.717, 1.165) is 22.3 Å². The van der Waals surface area contributed by atoms with Crippen molar-refractivity contribution in [1.82, 2.24) is 10.4 Å². The Morgan fingerprint density at radius 3 is 1.79 bits per heavy atom. The molecule has 1 unspecified atom stereocenters. The molecule has 3 aromatic carbocycles. The molecule has 0 saturated carbocycles. The molecule has 1 atom stereocenters. The zero-order valence-electron chi connectivity index (χ0n) is 19.5. The fourth-order valence-corrected chi connectivity index (χ4v) is 4.61. The lowest BCUT2D eigenvalue weighted by Gasteiger charge is -2.21. The number of nitrogens with one attached hydrogen (secondary N) is 1. The molecule has 3 aromatic rings. The Bertz CT molecular complexity index is 1370. The molecular formula is C27H19F3N2O6. The van der Waals surface area contributed by atoms with Gasteiger partial charge in [0.25, 0.3) is 11.8 Å². The van der Waals surface area contributed by atoms with Crippen LogP contribution < -0.4 is 5.32 Å². The lowest BCUT2D eigenvalue weighted by molar-refractivity contribution is -0.180. The molecule has 0 bridgehead atoms. The first-order chi connectivity index (χ1) is 18.1. The summed E-state index contributed by atoms with van der Waals surface area (Å²) in [6, 6.07) is 18.3. The fourth-order valence-electron chi connectivity index (χ4n) is 4.61. The molecule has 1 heterocycles. The van der Waals surface area contributed by atoms with Crippen LogP contribution in [-0.4, -0.2) is 47.8 Å². The van der Waals surface area contributed by atoms with E-state index in [4.69, 9.17) is 9.57 Å². The number of rotatable bonds is 6. The Morgan fingerprint density at radius 2 is 1.29 bits per heavy atom. The van der Waals surface area contributed by atoms with Crippen molar-refractivity contribution < 1.29 is 41.9 Å². The number of amides is 3. The van der Waals surface area contributed by atoms with Crippen LogP contribution in [-0.2, 0) is 14.4 Å². The van der Waals surface area contributed by atoms with E-state index in [2.05, 4.69) is 0 Å². The lowest BCUT2D eigenvalue weighted by Crippen LogP contribution is -2.47. The minimum Gasteiger partial charge on any atom is -0.449 e. The van der Waals surface area contributed by atoms with Gasteiger partial charge in [-0.1, -0.05) is 65.7 Å². The number of nitrogens with zero attached hydrogens (tertiary/aromatic N) is 1. The molecule has 0 radical (unpaired) electrons. The predicted octanol–water partition coefficient (Wildman–Crippen LogP) is 4.60. The molecule has 194 valence electrons. The number of benzene rings is 3. The van der Waals surface area contributed by atoms with Gasteiger partial charge in [-0.25, -0.2) is 9.59 Å². The van der Waals surface area contributed by atoms with E-state index in [1.165, 1.54) is 24.3 Å². The zero-order chi connectivity index (χ0) is 27.0. The van der Waals surface area contributed by atoms with E-state index in [1.54, 1.807) is 0 Å². The first kappa shape index (κ1) is 25.0. The summed E-state index contributed by atoms with van der Waals surface area (Å²) in [4.78, 5) is 54.7. The van der Waals surface area contributed by atoms with Crippen molar-refractivity contribution in [2.75, 3.05) is 6.61 Å². The van der Waals surface area contributed by atoms with Crippen molar-refractivity contribution in [3.63, 3.8) is 0 Å². The zero-order valence-corrected chi connectivity index (χ0v) is 19.5. The number of fused-ring (bicyclic) bond motifs is 4. The second-order valence-electron chi connectivity index (χ2n) is 8.70.